The van der Waals surface area contributed by atoms with Crippen LogP contribution in [0.15, 0.2) is 30.3 Å². The second-order valence-electron chi connectivity index (χ2n) is 5.51. The van der Waals surface area contributed by atoms with Crippen LogP contribution in [-0.2, 0) is 11.4 Å². The van der Waals surface area contributed by atoms with Gasteiger partial charge in [0.15, 0.2) is 0 Å². The van der Waals surface area contributed by atoms with Crippen LogP contribution in [0.5, 0.6) is 0 Å². The first-order chi connectivity index (χ1) is 10.2. The Labute approximate surface area is 148 Å². The zero-order chi connectivity index (χ0) is 16.0. The van der Waals surface area contributed by atoms with E-state index < -0.39 is 0 Å². The van der Waals surface area contributed by atoms with Gasteiger partial charge in [-0.05, 0) is 27.2 Å². The smallest absolute Gasteiger partial charge is 0.104 e. The molecule has 3 nitrogen and oxygen atoms in total. The van der Waals surface area contributed by atoms with Crippen LogP contribution < -0.4 is 5.90 Å². The van der Waals surface area contributed by atoms with Gasteiger partial charge in [-0.15, -0.1) is 0 Å². The van der Waals surface area contributed by atoms with E-state index in [0.717, 1.165) is 6.42 Å². The molecule has 1 aromatic carbocycles. The highest BCUT2D eigenvalue weighted by molar-refractivity contribution is 5.76. The molecular formula is C18H39B2N2O. The van der Waals surface area contributed by atoms with Crippen LogP contribution in [0, 0.1) is 0 Å². The molecule has 0 spiro atoms. The van der Waals surface area contributed by atoms with E-state index >= 15 is 0 Å². The number of nitrogens with zero attached hydrogens (tertiary/aromatic N) is 1. The monoisotopic (exact) mass is 321 g/mol. The largest absolute Gasteiger partial charge is 0.321 e. The zero-order valence-electron chi connectivity index (χ0n) is 15.1. The van der Waals surface area contributed by atoms with Crippen LogP contribution in [0.4, 0.5) is 0 Å². The molecule has 0 bridgehead atoms. The summed E-state index contributed by atoms with van der Waals surface area (Å²) < 4.78 is 1.20. The SMILES string of the molecule is CCCCCON.CC[N+](CC)(CC)Cc1ccccc1.[BH4-].[B]. The molecule has 0 aliphatic carbocycles. The van der Waals surface area contributed by atoms with Gasteiger partial charge < -0.3 is 9.32 Å². The van der Waals surface area contributed by atoms with Gasteiger partial charge in [0.05, 0.1) is 26.2 Å². The van der Waals surface area contributed by atoms with Gasteiger partial charge in [-0.2, -0.15) is 0 Å². The maximum absolute atomic E-state index is 4.77. The molecule has 0 saturated heterocycles. The molecule has 0 atom stereocenters. The van der Waals surface area contributed by atoms with Crippen LogP contribution in [0.2, 0.25) is 0 Å². The molecule has 0 aliphatic rings. The highest BCUT2D eigenvalue weighted by atomic mass is 16.6. The Morgan fingerprint density at radius 3 is 1.83 bits per heavy atom. The topological polar surface area (TPSA) is 35.2 Å². The highest BCUT2D eigenvalue weighted by Gasteiger charge is 2.20. The lowest BCUT2D eigenvalue weighted by atomic mass is 10.2. The quantitative estimate of drug-likeness (QED) is 0.328. The maximum atomic E-state index is 4.77. The summed E-state index contributed by atoms with van der Waals surface area (Å²) in [6.45, 7) is 14.6. The van der Waals surface area contributed by atoms with Gasteiger partial charge >= 0.3 is 0 Å². The number of hydrogen-bond acceptors (Lipinski definition) is 2. The molecule has 0 fully saturated rings. The van der Waals surface area contributed by atoms with E-state index in [0.29, 0.717) is 6.61 Å². The number of nitrogens with two attached hydrogens (primary N) is 1. The molecule has 5 heteroatoms. The molecule has 0 amide bonds. The van der Waals surface area contributed by atoms with E-state index in [1.807, 2.05) is 0 Å². The van der Waals surface area contributed by atoms with E-state index in [9.17, 15) is 0 Å². The average Bonchev–Trinajstić information content (AvgIpc) is 2.55. The fraction of sp³-hybridized carbons (Fsp3) is 0.667. The van der Waals surface area contributed by atoms with Crippen LogP contribution in [-0.4, -0.2) is 47.6 Å². The van der Waals surface area contributed by atoms with Crippen molar-refractivity contribution in [1.82, 2.24) is 0 Å². The first-order valence-electron chi connectivity index (χ1n) is 8.38. The van der Waals surface area contributed by atoms with Crippen molar-refractivity contribution < 1.29 is 9.32 Å². The van der Waals surface area contributed by atoms with Gasteiger partial charge in [-0.1, -0.05) is 58.5 Å². The normalized spacial score (nSPS) is 9.96. The van der Waals surface area contributed by atoms with E-state index in [2.05, 4.69) is 62.9 Å². The Morgan fingerprint density at radius 1 is 0.913 bits per heavy atom. The number of rotatable bonds is 9. The Morgan fingerprint density at radius 2 is 1.43 bits per heavy atom. The van der Waals surface area contributed by atoms with Crippen LogP contribution in [0.1, 0.15) is 52.5 Å². The summed E-state index contributed by atoms with van der Waals surface area (Å²) >= 11 is 0. The molecule has 0 aromatic heterocycles. The molecule has 0 unspecified atom stereocenters. The van der Waals surface area contributed by atoms with Gasteiger partial charge in [-0.25, -0.2) is 5.90 Å². The Hall–Kier alpha value is -0.770. The molecule has 133 valence electrons. The van der Waals surface area contributed by atoms with Gasteiger partial charge in [-0.3, -0.25) is 0 Å². The van der Waals surface area contributed by atoms with Crippen LogP contribution in [0.25, 0.3) is 0 Å². The predicted octanol–water partition coefficient (Wildman–Crippen LogP) is 2.30. The standard InChI is InChI=1S/C13H22N.C5H13NO.BH4.B/c1-4-14(5-2,6-3)12-13-10-8-7-9-11-13;1-2-3-4-5-7-6;;/h7-11H,4-6,12H2,1-3H3;2-6H2,1H3;1H4;/q+1;;-1;. The van der Waals surface area contributed by atoms with Crippen molar-refractivity contribution in [2.24, 2.45) is 5.90 Å². The molecular weight excluding hydrogens is 282 g/mol. The summed E-state index contributed by atoms with van der Waals surface area (Å²) in [5.41, 5.74) is 1.46. The molecule has 0 heterocycles. The average molecular weight is 321 g/mol. The molecule has 1 aromatic rings. The van der Waals surface area contributed by atoms with Crippen molar-refractivity contribution in [2.75, 3.05) is 26.2 Å². The second kappa shape index (κ2) is 17.6. The number of unbranched alkanes of at least 4 members (excludes halogenated alkanes) is 2. The lowest BCUT2D eigenvalue weighted by molar-refractivity contribution is -0.936. The minimum absolute atomic E-state index is 0. The van der Waals surface area contributed by atoms with Gasteiger partial charge in [0.25, 0.3) is 0 Å². The van der Waals surface area contributed by atoms with E-state index in [1.165, 1.54) is 49.1 Å². The molecule has 0 saturated carbocycles. The van der Waals surface area contributed by atoms with E-state index in [4.69, 9.17) is 5.90 Å². The van der Waals surface area contributed by atoms with Crippen LogP contribution >= 0.6 is 0 Å². The maximum Gasteiger partial charge on any atom is 0.104 e. The summed E-state index contributed by atoms with van der Waals surface area (Å²) in [6.07, 6.45) is 3.54. The Bertz CT molecular complexity index is 321. The third-order valence-corrected chi connectivity index (χ3v) is 4.24. The van der Waals surface area contributed by atoms with Crippen molar-refractivity contribution in [1.29, 1.82) is 0 Å². The molecule has 0 aliphatic heterocycles. The molecule has 3 radical (unpaired) electrons. The summed E-state index contributed by atoms with van der Waals surface area (Å²) in [7, 11) is 0. The van der Waals surface area contributed by atoms with Gasteiger partial charge in [0.2, 0.25) is 0 Å². The number of benzene rings is 1. The molecule has 1 rings (SSSR count). The molecule has 2 N–H and O–H groups in total. The third kappa shape index (κ3) is 12.3. The first kappa shape index (κ1) is 27.1. The third-order valence-electron chi connectivity index (χ3n) is 4.24. The van der Waals surface area contributed by atoms with Crippen molar-refractivity contribution in [3.05, 3.63) is 35.9 Å². The van der Waals surface area contributed by atoms with Crippen LogP contribution in [0.3, 0.4) is 0 Å². The fourth-order valence-corrected chi connectivity index (χ4v) is 2.41. The minimum Gasteiger partial charge on any atom is -0.321 e. The number of hydrogen-bond donors (Lipinski definition) is 1. The number of quaternary nitrogens is 1. The van der Waals surface area contributed by atoms with Crippen molar-refractivity contribution in [3.8, 4) is 0 Å². The van der Waals surface area contributed by atoms with Crippen molar-refractivity contribution in [2.45, 2.75) is 53.5 Å². The summed E-state index contributed by atoms with van der Waals surface area (Å²) in [5.74, 6) is 4.77. The lowest BCUT2D eigenvalue weighted by Crippen LogP contribution is -2.46. The summed E-state index contributed by atoms with van der Waals surface area (Å²) in [6, 6.07) is 10.8. The lowest BCUT2D eigenvalue weighted by Gasteiger charge is -2.35. The van der Waals surface area contributed by atoms with Crippen molar-refractivity contribution >= 4 is 16.8 Å². The highest BCUT2D eigenvalue weighted by Crippen LogP contribution is 2.13. The van der Waals surface area contributed by atoms with E-state index in [1.54, 1.807) is 0 Å². The van der Waals surface area contributed by atoms with Gasteiger partial charge in [0, 0.05) is 14.0 Å². The zero-order valence-corrected chi connectivity index (χ0v) is 15.1. The van der Waals surface area contributed by atoms with Crippen molar-refractivity contribution in [3.63, 3.8) is 0 Å². The fourth-order valence-electron chi connectivity index (χ4n) is 2.41. The second-order valence-corrected chi connectivity index (χ2v) is 5.51. The predicted molar refractivity (Wildman–Crippen MR) is 109 cm³/mol. The summed E-state index contributed by atoms with van der Waals surface area (Å²) in [5, 5.41) is 0. The van der Waals surface area contributed by atoms with Gasteiger partial charge in [0.1, 0.15) is 6.54 Å². The minimum atomic E-state index is 0. The van der Waals surface area contributed by atoms with E-state index in [-0.39, 0.29) is 16.8 Å². The summed E-state index contributed by atoms with van der Waals surface area (Å²) in [4.78, 5) is 4.34. The Kier molecular flexibility index (Phi) is 20.7. The first-order valence-corrected chi connectivity index (χ1v) is 8.38. The molecule has 23 heavy (non-hydrogen) atoms. The Balaban J connectivity index is -0.000000386.